The molecule has 1 atom stereocenters. The van der Waals surface area contributed by atoms with Gasteiger partial charge in [-0.2, -0.15) is 0 Å². The molecule has 0 radical (unpaired) electrons. The molecule has 104 valence electrons. The Balaban J connectivity index is 2.33. The molecule has 0 fully saturated rings. The molecule has 0 aliphatic carbocycles. The highest BCUT2D eigenvalue weighted by Gasteiger charge is 2.19. The number of nitrogens with one attached hydrogen (secondary N) is 2. The van der Waals surface area contributed by atoms with Crippen molar-refractivity contribution in [3.05, 3.63) is 48.6 Å². The molecule has 1 aromatic carbocycles. The van der Waals surface area contributed by atoms with E-state index in [-0.39, 0.29) is 18.2 Å². The van der Waals surface area contributed by atoms with Crippen molar-refractivity contribution in [3.63, 3.8) is 0 Å². The molecule has 0 bridgehead atoms. The largest absolute Gasteiger partial charge is 0.352 e. The van der Waals surface area contributed by atoms with Gasteiger partial charge >= 0.3 is 6.72 Å². The highest BCUT2D eigenvalue weighted by molar-refractivity contribution is 8.55. The van der Waals surface area contributed by atoms with Gasteiger partial charge in [0.15, 0.2) is 0 Å². The zero-order valence-electron chi connectivity index (χ0n) is 10.4. The molecule has 3 N–H and O–H groups in total. The molecular formula is C12H17N2O3PS. The number of benzene rings is 1. The number of hydrogen-bond acceptors (Lipinski definition) is 3. The van der Waals surface area contributed by atoms with E-state index in [0.29, 0.717) is 17.9 Å². The van der Waals surface area contributed by atoms with Gasteiger partial charge in [-0.3, -0.25) is 9.36 Å². The molecule has 0 aliphatic rings. The summed E-state index contributed by atoms with van der Waals surface area (Å²) in [5.74, 6) is -0.357. The van der Waals surface area contributed by atoms with E-state index >= 15 is 0 Å². The predicted molar refractivity (Wildman–Crippen MR) is 78.8 cm³/mol. The van der Waals surface area contributed by atoms with Crippen molar-refractivity contribution in [1.29, 1.82) is 0 Å². The van der Waals surface area contributed by atoms with Crippen molar-refractivity contribution in [2.75, 3.05) is 12.3 Å². The second kappa shape index (κ2) is 8.17. The average Bonchev–Trinajstić information content (AvgIpc) is 2.42. The van der Waals surface area contributed by atoms with Crippen molar-refractivity contribution in [3.8, 4) is 0 Å². The normalized spacial score (nSPS) is 13.5. The Morgan fingerprint density at radius 2 is 2.11 bits per heavy atom. The van der Waals surface area contributed by atoms with Gasteiger partial charge in [-0.05, 0) is 16.9 Å². The fourth-order valence-electron chi connectivity index (χ4n) is 1.22. The highest BCUT2D eigenvalue weighted by atomic mass is 32.7. The zero-order chi connectivity index (χ0) is 14.1. The Morgan fingerprint density at radius 3 is 2.74 bits per heavy atom. The lowest BCUT2D eigenvalue weighted by Gasteiger charge is -2.12. The van der Waals surface area contributed by atoms with E-state index < -0.39 is 6.72 Å². The molecule has 0 spiro atoms. The fraction of sp³-hybridized carbons (Fsp3) is 0.250. The summed E-state index contributed by atoms with van der Waals surface area (Å²) in [6.07, 6.45) is 1.55. The molecule has 19 heavy (non-hydrogen) atoms. The Kier molecular flexibility index (Phi) is 6.87. The van der Waals surface area contributed by atoms with E-state index in [1.54, 1.807) is 6.08 Å². The van der Waals surface area contributed by atoms with E-state index in [1.165, 1.54) is 0 Å². The highest BCUT2D eigenvalue weighted by Crippen LogP contribution is 2.50. The third-order valence-electron chi connectivity index (χ3n) is 2.14. The van der Waals surface area contributed by atoms with Crippen LogP contribution in [0.1, 0.15) is 5.56 Å². The van der Waals surface area contributed by atoms with Crippen LogP contribution in [0.4, 0.5) is 0 Å². The van der Waals surface area contributed by atoms with Crippen LogP contribution in [-0.4, -0.2) is 23.1 Å². The lowest BCUT2D eigenvalue weighted by Crippen LogP contribution is -2.25. The number of amides is 1. The molecule has 7 heteroatoms. The smallest absolute Gasteiger partial charge is 0.324 e. The van der Waals surface area contributed by atoms with Crippen LogP contribution in [-0.2, 0) is 15.9 Å². The quantitative estimate of drug-likeness (QED) is 0.505. The first kappa shape index (κ1) is 16.0. The standard InChI is InChI=1S/C12H17N2O3PS/c1-2-8-13-12(15)10-19-18(16,17)14-9-11-6-4-3-5-7-11/h2-7H,1,8-10H2,(H,13,15)(H2,14,16,17). The molecule has 0 aliphatic heterocycles. The molecule has 0 aromatic heterocycles. The van der Waals surface area contributed by atoms with Crippen LogP contribution in [0, 0.1) is 0 Å². The molecule has 1 rings (SSSR count). The summed E-state index contributed by atoms with van der Waals surface area (Å²) in [5.41, 5.74) is 0.911. The predicted octanol–water partition coefficient (Wildman–Crippen LogP) is 1.91. The van der Waals surface area contributed by atoms with Crippen molar-refractivity contribution in [2.24, 2.45) is 0 Å². The summed E-state index contributed by atoms with van der Waals surface area (Å²) < 4.78 is 11.8. The molecular weight excluding hydrogens is 283 g/mol. The van der Waals surface area contributed by atoms with Crippen LogP contribution >= 0.6 is 18.1 Å². The molecule has 5 nitrogen and oxygen atoms in total. The first-order chi connectivity index (χ1) is 9.03. The van der Waals surface area contributed by atoms with Crippen LogP contribution < -0.4 is 10.4 Å². The van der Waals surface area contributed by atoms with E-state index in [4.69, 9.17) is 0 Å². The summed E-state index contributed by atoms with van der Waals surface area (Å²) >= 11 is 0.710. The van der Waals surface area contributed by atoms with E-state index in [1.807, 2.05) is 30.3 Å². The number of carbonyl (C=O) groups excluding carboxylic acids is 1. The minimum absolute atomic E-state index is 0.0661. The van der Waals surface area contributed by atoms with Gasteiger partial charge in [-0.1, -0.05) is 36.4 Å². The van der Waals surface area contributed by atoms with Crippen LogP contribution in [0.2, 0.25) is 0 Å². The Morgan fingerprint density at radius 1 is 1.42 bits per heavy atom. The Hall–Kier alpha value is -1.07. The minimum Gasteiger partial charge on any atom is -0.352 e. The first-order valence-corrected chi connectivity index (χ1v) is 8.92. The third-order valence-corrected chi connectivity index (χ3v) is 5.26. The van der Waals surface area contributed by atoms with Crippen LogP contribution in [0.5, 0.6) is 0 Å². The zero-order valence-corrected chi connectivity index (χ0v) is 12.1. The van der Waals surface area contributed by atoms with E-state index in [0.717, 1.165) is 5.56 Å². The molecule has 0 heterocycles. The summed E-state index contributed by atoms with van der Waals surface area (Å²) in [4.78, 5) is 20.9. The maximum Gasteiger partial charge on any atom is 0.324 e. The molecule has 0 saturated carbocycles. The minimum atomic E-state index is -3.56. The first-order valence-electron chi connectivity index (χ1n) is 5.67. The van der Waals surface area contributed by atoms with Gasteiger partial charge in [-0.15, -0.1) is 6.58 Å². The van der Waals surface area contributed by atoms with Gasteiger partial charge in [0.25, 0.3) is 0 Å². The lowest BCUT2D eigenvalue weighted by molar-refractivity contribution is -0.118. The molecule has 1 unspecified atom stereocenters. The van der Waals surface area contributed by atoms with E-state index in [2.05, 4.69) is 17.0 Å². The van der Waals surface area contributed by atoms with Gasteiger partial charge in [0.1, 0.15) is 0 Å². The average molecular weight is 300 g/mol. The lowest BCUT2D eigenvalue weighted by atomic mass is 10.2. The van der Waals surface area contributed by atoms with Crippen molar-refractivity contribution < 1.29 is 14.3 Å². The number of hydrogen-bond donors (Lipinski definition) is 3. The summed E-state index contributed by atoms with van der Waals surface area (Å²) in [7, 11) is 0. The topological polar surface area (TPSA) is 78.4 Å². The van der Waals surface area contributed by atoms with Crippen LogP contribution in [0.25, 0.3) is 0 Å². The molecule has 1 amide bonds. The Labute approximate surface area is 116 Å². The van der Waals surface area contributed by atoms with Gasteiger partial charge in [0.05, 0.1) is 5.75 Å². The summed E-state index contributed by atoms with van der Waals surface area (Å²) in [6.45, 7) is 0.544. The van der Waals surface area contributed by atoms with Crippen molar-refractivity contribution in [2.45, 2.75) is 6.54 Å². The fourth-order valence-corrected chi connectivity index (χ4v) is 3.43. The van der Waals surface area contributed by atoms with Crippen LogP contribution in [0.15, 0.2) is 43.0 Å². The maximum absolute atomic E-state index is 11.8. The number of carbonyl (C=O) groups is 1. The second-order valence-corrected chi connectivity index (χ2v) is 7.87. The SMILES string of the molecule is C=CCNC(=O)CSP(=O)(O)NCc1ccccc1. The Bertz CT molecular complexity index is 467. The molecule has 1 aromatic rings. The van der Waals surface area contributed by atoms with Crippen molar-refractivity contribution >= 4 is 24.0 Å². The molecule has 0 saturated heterocycles. The van der Waals surface area contributed by atoms with Gasteiger partial charge in [0, 0.05) is 13.1 Å². The van der Waals surface area contributed by atoms with Gasteiger partial charge in [0.2, 0.25) is 5.91 Å². The van der Waals surface area contributed by atoms with Gasteiger partial charge < -0.3 is 10.2 Å². The summed E-state index contributed by atoms with van der Waals surface area (Å²) in [5, 5.41) is 5.10. The monoisotopic (exact) mass is 300 g/mol. The van der Waals surface area contributed by atoms with Crippen molar-refractivity contribution in [1.82, 2.24) is 10.4 Å². The van der Waals surface area contributed by atoms with E-state index in [9.17, 15) is 14.3 Å². The third kappa shape index (κ3) is 7.18. The second-order valence-electron chi connectivity index (χ2n) is 3.71. The number of rotatable bonds is 8. The van der Waals surface area contributed by atoms with Crippen LogP contribution in [0.3, 0.4) is 0 Å². The van der Waals surface area contributed by atoms with Gasteiger partial charge in [-0.25, -0.2) is 5.09 Å². The summed E-state index contributed by atoms with van der Waals surface area (Å²) in [6, 6.07) is 9.30. The maximum atomic E-state index is 11.8.